The minimum absolute atomic E-state index is 0.180. The molecule has 0 bridgehead atoms. The highest BCUT2D eigenvalue weighted by Crippen LogP contribution is 2.23. The van der Waals surface area contributed by atoms with Crippen LogP contribution >= 0.6 is 0 Å². The molecule has 0 aromatic carbocycles. The zero-order valence-corrected chi connectivity index (χ0v) is 8.14. The van der Waals surface area contributed by atoms with Crippen LogP contribution in [0.25, 0.3) is 0 Å². The van der Waals surface area contributed by atoms with Crippen molar-refractivity contribution in [2.75, 3.05) is 19.6 Å². The molecule has 0 amide bonds. The summed E-state index contributed by atoms with van der Waals surface area (Å²) in [5.74, 6) is 0. The van der Waals surface area contributed by atoms with E-state index in [2.05, 4.69) is 24.8 Å². The number of likely N-dealkylation sites (tertiary alicyclic amines) is 1. The monoisotopic (exact) mass is 166 g/mol. The molecule has 1 aliphatic rings. The van der Waals surface area contributed by atoms with Gasteiger partial charge in [-0.3, -0.25) is 0 Å². The first-order valence-corrected chi connectivity index (χ1v) is 4.73. The lowest BCUT2D eigenvalue weighted by Crippen LogP contribution is -2.31. The Hall–Kier alpha value is -0.550. The van der Waals surface area contributed by atoms with Crippen LogP contribution in [0.4, 0.5) is 0 Å². The Kier molecular flexibility index (Phi) is 3.11. The van der Waals surface area contributed by atoms with E-state index in [0.29, 0.717) is 6.42 Å². The molecule has 1 heterocycles. The van der Waals surface area contributed by atoms with Crippen LogP contribution < -0.4 is 0 Å². The molecule has 0 aliphatic carbocycles. The SMILES string of the molecule is CC(C)(CC#N)CN1CCCC1. The summed E-state index contributed by atoms with van der Waals surface area (Å²) in [6.45, 7) is 7.90. The maximum absolute atomic E-state index is 8.61. The molecule has 0 aromatic rings. The second-order valence-electron chi connectivity index (χ2n) is 4.48. The fourth-order valence-electron chi connectivity index (χ4n) is 1.82. The first-order valence-electron chi connectivity index (χ1n) is 4.73. The lowest BCUT2D eigenvalue weighted by molar-refractivity contribution is 0.213. The first-order chi connectivity index (χ1) is 5.64. The Morgan fingerprint density at radius 3 is 2.42 bits per heavy atom. The number of nitrogens with zero attached hydrogens (tertiary/aromatic N) is 2. The van der Waals surface area contributed by atoms with Crippen LogP contribution in [-0.2, 0) is 0 Å². The fraction of sp³-hybridized carbons (Fsp3) is 0.900. The van der Waals surface area contributed by atoms with E-state index in [1.54, 1.807) is 0 Å². The van der Waals surface area contributed by atoms with Crippen molar-refractivity contribution in [3.63, 3.8) is 0 Å². The van der Waals surface area contributed by atoms with Crippen molar-refractivity contribution in [3.8, 4) is 6.07 Å². The average molecular weight is 166 g/mol. The van der Waals surface area contributed by atoms with Crippen molar-refractivity contribution in [3.05, 3.63) is 0 Å². The molecular formula is C10H18N2. The number of hydrogen-bond donors (Lipinski definition) is 0. The molecule has 0 radical (unpaired) electrons. The van der Waals surface area contributed by atoms with Crippen LogP contribution in [0.1, 0.15) is 33.1 Å². The zero-order chi connectivity index (χ0) is 9.03. The largest absolute Gasteiger partial charge is 0.303 e. The van der Waals surface area contributed by atoms with Gasteiger partial charge in [0.2, 0.25) is 0 Å². The van der Waals surface area contributed by atoms with E-state index in [-0.39, 0.29) is 5.41 Å². The summed E-state index contributed by atoms with van der Waals surface area (Å²) in [6.07, 6.45) is 3.34. The van der Waals surface area contributed by atoms with Crippen molar-refractivity contribution in [2.24, 2.45) is 5.41 Å². The molecule has 1 fully saturated rings. The molecule has 68 valence electrons. The third-order valence-electron chi connectivity index (χ3n) is 2.41. The summed E-state index contributed by atoms with van der Waals surface area (Å²) < 4.78 is 0. The third kappa shape index (κ3) is 2.83. The van der Waals surface area contributed by atoms with Crippen LogP contribution in [0.2, 0.25) is 0 Å². The number of rotatable bonds is 3. The van der Waals surface area contributed by atoms with E-state index in [4.69, 9.17) is 5.26 Å². The molecule has 2 nitrogen and oxygen atoms in total. The Morgan fingerprint density at radius 1 is 1.33 bits per heavy atom. The van der Waals surface area contributed by atoms with Crippen LogP contribution in [0.15, 0.2) is 0 Å². The lowest BCUT2D eigenvalue weighted by atomic mass is 9.89. The topological polar surface area (TPSA) is 27.0 Å². The quantitative estimate of drug-likeness (QED) is 0.641. The Labute approximate surface area is 75.2 Å². The minimum atomic E-state index is 0.180. The molecule has 1 saturated heterocycles. The molecule has 0 N–H and O–H groups in total. The van der Waals surface area contributed by atoms with E-state index in [9.17, 15) is 0 Å². The summed E-state index contributed by atoms with van der Waals surface area (Å²) in [5.41, 5.74) is 0.180. The maximum atomic E-state index is 8.61. The minimum Gasteiger partial charge on any atom is -0.303 e. The van der Waals surface area contributed by atoms with Gasteiger partial charge in [-0.05, 0) is 31.3 Å². The van der Waals surface area contributed by atoms with Gasteiger partial charge in [0.15, 0.2) is 0 Å². The molecule has 0 saturated carbocycles. The normalized spacial score (nSPS) is 19.4. The fourth-order valence-corrected chi connectivity index (χ4v) is 1.82. The van der Waals surface area contributed by atoms with Gasteiger partial charge >= 0.3 is 0 Å². The number of hydrogen-bond acceptors (Lipinski definition) is 2. The van der Waals surface area contributed by atoms with Gasteiger partial charge in [-0.15, -0.1) is 0 Å². The van der Waals surface area contributed by atoms with E-state index in [0.717, 1.165) is 6.54 Å². The molecule has 1 aliphatic heterocycles. The van der Waals surface area contributed by atoms with Crippen molar-refractivity contribution < 1.29 is 0 Å². The second-order valence-corrected chi connectivity index (χ2v) is 4.48. The summed E-state index contributed by atoms with van der Waals surface area (Å²) in [7, 11) is 0. The van der Waals surface area contributed by atoms with E-state index < -0.39 is 0 Å². The molecular weight excluding hydrogens is 148 g/mol. The molecule has 0 unspecified atom stereocenters. The molecule has 1 rings (SSSR count). The summed E-state index contributed by atoms with van der Waals surface area (Å²) >= 11 is 0. The first kappa shape index (κ1) is 9.54. The highest BCUT2D eigenvalue weighted by atomic mass is 15.1. The van der Waals surface area contributed by atoms with Crippen molar-refractivity contribution >= 4 is 0 Å². The highest BCUT2D eigenvalue weighted by Gasteiger charge is 2.23. The van der Waals surface area contributed by atoms with Gasteiger partial charge < -0.3 is 4.90 Å². The van der Waals surface area contributed by atoms with Crippen molar-refractivity contribution in [2.45, 2.75) is 33.1 Å². The smallest absolute Gasteiger partial charge is 0.0627 e. The standard InChI is InChI=1S/C10H18N2/c1-10(2,5-6-11)9-12-7-3-4-8-12/h3-5,7-9H2,1-2H3. The summed E-state index contributed by atoms with van der Waals surface area (Å²) in [6, 6.07) is 2.26. The highest BCUT2D eigenvalue weighted by molar-refractivity contribution is 4.85. The Morgan fingerprint density at radius 2 is 1.92 bits per heavy atom. The summed E-state index contributed by atoms with van der Waals surface area (Å²) in [5, 5.41) is 8.61. The average Bonchev–Trinajstić information content (AvgIpc) is 2.38. The van der Waals surface area contributed by atoms with Gasteiger partial charge in [0.1, 0.15) is 0 Å². The van der Waals surface area contributed by atoms with Gasteiger partial charge in [-0.25, -0.2) is 0 Å². The lowest BCUT2D eigenvalue weighted by Gasteiger charge is -2.27. The Balaban J connectivity index is 2.33. The molecule has 0 aromatic heterocycles. The van der Waals surface area contributed by atoms with Gasteiger partial charge in [0, 0.05) is 13.0 Å². The zero-order valence-electron chi connectivity index (χ0n) is 8.14. The van der Waals surface area contributed by atoms with Crippen molar-refractivity contribution in [1.29, 1.82) is 5.26 Å². The Bertz CT molecular complexity index is 173. The van der Waals surface area contributed by atoms with Gasteiger partial charge in [-0.1, -0.05) is 13.8 Å². The van der Waals surface area contributed by atoms with E-state index in [1.165, 1.54) is 25.9 Å². The van der Waals surface area contributed by atoms with Gasteiger partial charge in [-0.2, -0.15) is 5.26 Å². The van der Waals surface area contributed by atoms with E-state index in [1.807, 2.05) is 0 Å². The molecule has 2 heteroatoms. The van der Waals surface area contributed by atoms with Crippen LogP contribution in [0.3, 0.4) is 0 Å². The van der Waals surface area contributed by atoms with Crippen LogP contribution in [-0.4, -0.2) is 24.5 Å². The van der Waals surface area contributed by atoms with E-state index >= 15 is 0 Å². The van der Waals surface area contributed by atoms with Gasteiger partial charge in [0.05, 0.1) is 6.07 Å². The predicted octanol–water partition coefficient (Wildman–Crippen LogP) is 2.02. The molecule has 12 heavy (non-hydrogen) atoms. The predicted molar refractivity (Wildman–Crippen MR) is 49.7 cm³/mol. The molecule has 0 spiro atoms. The van der Waals surface area contributed by atoms with Crippen LogP contribution in [0, 0.1) is 16.7 Å². The van der Waals surface area contributed by atoms with Gasteiger partial charge in [0.25, 0.3) is 0 Å². The number of nitriles is 1. The second kappa shape index (κ2) is 3.91. The third-order valence-corrected chi connectivity index (χ3v) is 2.41. The molecule has 0 atom stereocenters. The van der Waals surface area contributed by atoms with Crippen molar-refractivity contribution in [1.82, 2.24) is 4.90 Å². The maximum Gasteiger partial charge on any atom is 0.0627 e. The summed E-state index contributed by atoms with van der Waals surface area (Å²) in [4.78, 5) is 2.47. The van der Waals surface area contributed by atoms with Crippen LogP contribution in [0.5, 0.6) is 0 Å².